The predicted octanol–water partition coefficient (Wildman–Crippen LogP) is 3.94. The molecule has 0 spiro atoms. The fraction of sp³-hybridized carbons (Fsp3) is 0.118. The first kappa shape index (κ1) is 16.4. The predicted molar refractivity (Wildman–Crippen MR) is 100 cm³/mol. The number of fused-ring (bicyclic) bond motifs is 1. The van der Waals surface area contributed by atoms with E-state index < -0.39 is 6.04 Å². The smallest absolute Gasteiger partial charge is 0.199 e. The zero-order chi connectivity index (χ0) is 18.1. The molecule has 0 radical (unpaired) electrons. The fourth-order valence-corrected chi connectivity index (χ4v) is 3.11. The molecule has 2 heterocycles. The summed E-state index contributed by atoms with van der Waals surface area (Å²) < 4.78 is 7.50. The van der Waals surface area contributed by atoms with Crippen molar-refractivity contribution in [1.82, 2.24) is 19.9 Å². The minimum atomic E-state index is -0.597. The van der Waals surface area contributed by atoms with Crippen LogP contribution in [-0.2, 0) is 6.54 Å². The molecule has 4 rings (SSSR count). The number of nitroso groups, excluding NO2 is 1. The van der Waals surface area contributed by atoms with Crippen LogP contribution in [0.4, 0.5) is 5.82 Å². The maximum absolute atomic E-state index is 11.6. The second-order valence-corrected chi connectivity index (χ2v) is 6.62. The highest BCUT2D eigenvalue weighted by atomic mass is 79.9. The summed E-state index contributed by atoms with van der Waals surface area (Å²) in [5.74, 6) is 0.622. The molecule has 0 aliphatic rings. The maximum Gasteiger partial charge on any atom is 0.199 e. The molecule has 0 fully saturated rings. The Balaban J connectivity index is 1.83. The first-order chi connectivity index (χ1) is 12.7. The van der Waals surface area contributed by atoms with Gasteiger partial charge in [-0.2, -0.15) is 4.91 Å². The summed E-state index contributed by atoms with van der Waals surface area (Å²) in [5.41, 5.74) is 8.58. The third kappa shape index (κ3) is 2.86. The summed E-state index contributed by atoms with van der Waals surface area (Å²) in [7, 11) is 0. The Labute approximate surface area is 156 Å². The van der Waals surface area contributed by atoms with Crippen LogP contribution in [0.15, 0.2) is 62.8 Å². The van der Waals surface area contributed by atoms with E-state index in [0.717, 1.165) is 21.1 Å². The number of rotatable bonds is 5. The quantitative estimate of drug-likeness (QED) is 0.496. The number of anilines is 1. The summed E-state index contributed by atoms with van der Waals surface area (Å²) in [6.45, 7) is 0.285. The van der Waals surface area contributed by atoms with Crippen molar-refractivity contribution >= 4 is 32.8 Å². The number of hydrogen-bond donors (Lipinski definition) is 1. The van der Waals surface area contributed by atoms with Crippen molar-refractivity contribution in [3.8, 4) is 11.5 Å². The van der Waals surface area contributed by atoms with Crippen LogP contribution in [0, 0.1) is 4.91 Å². The van der Waals surface area contributed by atoms with Crippen molar-refractivity contribution in [2.45, 2.75) is 12.6 Å². The minimum absolute atomic E-state index is 0.140. The Morgan fingerprint density at radius 2 is 1.92 bits per heavy atom. The van der Waals surface area contributed by atoms with E-state index in [4.69, 9.17) is 10.4 Å². The number of benzene rings is 2. The molecule has 0 aliphatic carbocycles. The highest BCUT2D eigenvalue weighted by Crippen LogP contribution is 2.30. The Hall–Kier alpha value is -3.07. The molecule has 1 unspecified atom stereocenters. The summed E-state index contributed by atoms with van der Waals surface area (Å²) in [6.07, 6.45) is 0. The Bertz CT molecular complexity index is 1070. The number of hydrogen-bond acceptors (Lipinski definition) is 7. The molecule has 0 amide bonds. The number of para-hydroxylation sites is 2. The first-order valence-corrected chi connectivity index (χ1v) is 8.58. The van der Waals surface area contributed by atoms with Gasteiger partial charge in [-0.1, -0.05) is 45.4 Å². The molecule has 2 aromatic carbocycles. The van der Waals surface area contributed by atoms with E-state index in [1.807, 2.05) is 53.1 Å². The molecule has 0 saturated carbocycles. The molecule has 2 aromatic heterocycles. The lowest BCUT2D eigenvalue weighted by atomic mass is 10.1. The van der Waals surface area contributed by atoms with Crippen molar-refractivity contribution in [1.29, 1.82) is 0 Å². The molecular formula is C17H13BrN6O2. The third-order valence-electron chi connectivity index (χ3n) is 4.12. The van der Waals surface area contributed by atoms with Crippen LogP contribution >= 0.6 is 15.9 Å². The highest BCUT2D eigenvalue weighted by molar-refractivity contribution is 9.10. The molecule has 2 N–H and O–H groups in total. The molecule has 8 nitrogen and oxygen atoms in total. The van der Waals surface area contributed by atoms with Crippen LogP contribution in [0.3, 0.4) is 0 Å². The molecule has 0 saturated heterocycles. The van der Waals surface area contributed by atoms with Gasteiger partial charge in [0, 0.05) is 4.47 Å². The summed E-state index contributed by atoms with van der Waals surface area (Å²) >= 11 is 3.39. The number of nitrogens with two attached hydrogens (primary N) is 1. The lowest BCUT2D eigenvalue weighted by molar-refractivity contribution is 0.310. The molecule has 1 atom stereocenters. The summed E-state index contributed by atoms with van der Waals surface area (Å²) in [5, 5.41) is 10.8. The fourth-order valence-electron chi connectivity index (χ4n) is 2.85. The van der Waals surface area contributed by atoms with Crippen molar-refractivity contribution in [2.75, 3.05) is 5.73 Å². The van der Waals surface area contributed by atoms with Gasteiger partial charge in [0.15, 0.2) is 17.3 Å². The monoisotopic (exact) mass is 412 g/mol. The van der Waals surface area contributed by atoms with E-state index in [1.54, 1.807) is 0 Å². The SMILES string of the molecule is Nc1nonc1-c1nc2ccccc2n1CC(N=O)c1ccc(Br)cc1. The van der Waals surface area contributed by atoms with Crippen molar-refractivity contribution < 1.29 is 4.63 Å². The van der Waals surface area contributed by atoms with Crippen LogP contribution in [0.5, 0.6) is 0 Å². The molecule has 9 heteroatoms. The summed E-state index contributed by atoms with van der Waals surface area (Å²) in [4.78, 5) is 16.1. The highest BCUT2D eigenvalue weighted by Gasteiger charge is 2.22. The van der Waals surface area contributed by atoms with E-state index in [-0.39, 0.29) is 12.4 Å². The second kappa shape index (κ2) is 6.68. The van der Waals surface area contributed by atoms with Gasteiger partial charge < -0.3 is 10.3 Å². The average Bonchev–Trinajstić information content (AvgIpc) is 3.23. The number of nitrogens with zero attached hydrogens (tertiary/aromatic N) is 5. The van der Waals surface area contributed by atoms with Gasteiger partial charge in [0.1, 0.15) is 6.04 Å². The normalized spacial score (nSPS) is 12.3. The van der Waals surface area contributed by atoms with Crippen LogP contribution in [0.2, 0.25) is 0 Å². The van der Waals surface area contributed by atoms with E-state index in [1.165, 1.54) is 0 Å². The molecule has 130 valence electrons. The minimum Gasteiger partial charge on any atom is -0.379 e. The molecule has 4 aromatic rings. The zero-order valence-electron chi connectivity index (χ0n) is 13.4. The van der Waals surface area contributed by atoms with Gasteiger partial charge in [0.25, 0.3) is 0 Å². The van der Waals surface area contributed by atoms with Crippen LogP contribution < -0.4 is 5.73 Å². The zero-order valence-corrected chi connectivity index (χ0v) is 15.0. The number of nitrogen functional groups attached to an aromatic ring is 1. The average molecular weight is 413 g/mol. The Morgan fingerprint density at radius 3 is 2.62 bits per heavy atom. The standard InChI is InChI=1S/C17H13BrN6O2/c18-11-7-5-10(6-8-11)13(21-25)9-24-14-4-2-1-3-12(14)20-17(24)15-16(19)23-26-22-15/h1-8,13H,9H2,(H2,19,23). The van der Waals surface area contributed by atoms with Gasteiger partial charge in [0.05, 0.1) is 17.6 Å². The van der Waals surface area contributed by atoms with Crippen molar-refractivity contribution in [2.24, 2.45) is 5.18 Å². The lowest BCUT2D eigenvalue weighted by Crippen LogP contribution is -2.09. The van der Waals surface area contributed by atoms with Gasteiger partial charge in [-0.15, -0.1) is 0 Å². The lowest BCUT2D eigenvalue weighted by Gasteiger charge is -2.13. The number of aromatic nitrogens is 4. The van der Waals surface area contributed by atoms with E-state index in [9.17, 15) is 4.91 Å². The third-order valence-corrected chi connectivity index (χ3v) is 4.65. The topological polar surface area (TPSA) is 112 Å². The number of halogens is 1. The largest absolute Gasteiger partial charge is 0.379 e. The first-order valence-electron chi connectivity index (χ1n) is 7.79. The van der Waals surface area contributed by atoms with E-state index in [0.29, 0.717) is 11.5 Å². The Morgan fingerprint density at radius 1 is 1.15 bits per heavy atom. The van der Waals surface area contributed by atoms with Crippen LogP contribution in [0.25, 0.3) is 22.6 Å². The molecule has 26 heavy (non-hydrogen) atoms. The molecule has 0 aliphatic heterocycles. The number of imidazole rings is 1. The summed E-state index contributed by atoms with van der Waals surface area (Å²) in [6, 6.07) is 14.5. The van der Waals surface area contributed by atoms with Crippen LogP contribution in [0.1, 0.15) is 11.6 Å². The van der Waals surface area contributed by atoms with Gasteiger partial charge in [-0.3, -0.25) is 0 Å². The van der Waals surface area contributed by atoms with Gasteiger partial charge in [-0.25, -0.2) is 9.61 Å². The molecule has 0 bridgehead atoms. The van der Waals surface area contributed by atoms with E-state index in [2.05, 4.69) is 36.4 Å². The van der Waals surface area contributed by atoms with Gasteiger partial charge in [0.2, 0.25) is 0 Å². The van der Waals surface area contributed by atoms with Gasteiger partial charge in [-0.05, 0) is 40.1 Å². The van der Waals surface area contributed by atoms with E-state index >= 15 is 0 Å². The Kier molecular flexibility index (Phi) is 4.21. The second-order valence-electron chi connectivity index (χ2n) is 5.71. The maximum atomic E-state index is 11.6. The molecular weight excluding hydrogens is 400 g/mol. The van der Waals surface area contributed by atoms with Crippen molar-refractivity contribution in [3.05, 3.63) is 63.5 Å². The van der Waals surface area contributed by atoms with Crippen LogP contribution in [-0.4, -0.2) is 19.9 Å². The van der Waals surface area contributed by atoms with Gasteiger partial charge >= 0.3 is 0 Å². The van der Waals surface area contributed by atoms with Crippen molar-refractivity contribution in [3.63, 3.8) is 0 Å².